The average molecular weight is 225 g/mol. The van der Waals surface area contributed by atoms with Crippen molar-refractivity contribution in [2.75, 3.05) is 19.5 Å². The molecule has 0 aliphatic carbocycles. The second-order valence-corrected chi connectivity index (χ2v) is 4.72. The first-order valence-electron chi connectivity index (χ1n) is 5.21. The fourth-order valence-corrected chi connectivity index (χ4v) is 2.17. The molecule has 0 bridgehead atoms. The second kappa shape index (κ2) is 6.88. The zero-order valence-electron chi connectivity index (χ0n) is 9.40. The molecular formula is C12H19NOS. The van der Waals surface area contributed by atoms with Gasteiger partial charge >= 0.3 is 0 Å². The third-order valence-corrected chi connectivity index (χ3v) is 3.23. The number of nitrogens with two attached hydrogens (primary N) is 1. The van der Waals surface area contributed by atoms with E-state index in [0.29, 0.717) is 0 Å². The van der Waals surface area contributed by atoms with Gasteiger partial charge < -0.3 is 10.5 Å². The van der Waals surface area contributed by atoms with Gasteiger partial charge in [-0.3, -0.25) is 0 Å². The summed E-state index contributed by atoms with van der Waals surface area (Å²) in [4.78, 5) is 1.29. The maximum absolute atomic E-state index is 5.83. The molecule has 0 saturated carbocycles. The molecule has 3 heteroatoms. The predicted molar refractivity (Wildman–Crippen MR) is 66.3 cm³/mol. The zero-order chi connectivity index (χ0) is 11.1. The van der Waals surface area contributed by atoms with Gasteiger partial charge in [-0.2, -0.15) is 0 Å². The standard InChI is InChI=1S/C12H19NOS/c1-10(13)11-5-3-6-12(9-11)15-8-4-7-14-2/h3,5-6,9-10H,4,7-8,13H2,1-2H3. The minimum Gasteiger partial charge on any atom is -0.385 e. The Morgan fingerprint density at radius 2 is 2.27 bits per heavy atom. The lowest BCUT2D eigenvalue weighted by Gasteiger charge is -2.07. The number of hydrogen-bond acceptors (Lipinski definition) is 3. The fraction of sp³-hybridized carbons (Fsp3) is 0.500. The molecule has 1 aromatic rings. The first-order valence-corrected chi connectivity index (χ1v) is 6.20. The van der Waals surface area contributed by atoms with E-state index in [9.17, 15) is 0 Å². The molecule has 0 aliphatic rings. The molecule has 0 fully saturated rings. The van der Waals surface area contributed by atoms with Crippen LogP contribution in [0.4, 0.5) is 0 Å². The third kappa shape index (κ3) is 4.69. The van der Waals surface area contributed by atoms with Crippen molar-refractivity contribution in [3.8, 4) is 0 Å². The van der Waals surface area contributed by atoms with Crippen molar-refractivity contribution in [2.45, 2.75) is 24.3 Å². The highest BCUT2D eigenvalue weighted by atomic mass is 32.2. The molecule has 1 rings (SSSR count). The van der Waals surface area contributed by atoms with Gasteiger partial charge in [0.25, 0.3) is 0 Å². The van der Waals surface area contributed by atoms with Gasteiger partial charge in [0, 0.05) is 30.4 Å². The summed E-state index contributed by atoms with van der Waals surface area (Å²) in [7, 11) is 1.74. The maximum atomic E-state index is 5.83. The normalized spacial score (nSPS) is 12.7. The Labute approximate surface area is 96.2 Å². The SMILES string of the molecule is COCCCSc1cccc(C(C)N)c1. The second-order valence-electron chi connectivity index (χ2n) is 3.56. The van der Waals surface area contributed by atoms with Crippen molar-refractivity contribution in [2.24, 2.45) is 5.73 Å². The van der Waals surface area contributed by atoms with Crippen molar-refractivity contribution >= 4 is 11.8 Å². The summed E-state index contributed by atoms with van der Waals surface area (Å²) in [5, 5.41) is 0. The van der Waals surface area contributed by atoms with Gasteiger partial charge in [-0.1, -0.05) is 12.1 Å². The number of hydrogen-bond donors (Lipinski definition) is 1. The summed E-state index contributed by atoms with van der Waals surface area (Å²) in [6.07, 6.45) is 1.09. The highest BCUT2D eigenvalue weighted by Gasteiger charge is 2.00. The van der Waals surface area contributed by atoms with E-state index in [4.69, 9.17) is 10.5 Å². The quantitative estimate of drug-likeness (QED) is 0.597. The van der Waals surface area contributed by atoms with Crippen molar-refractivity contribution in [3.05, 3.63) is 29.8 Å². The average Bonchev–Trinajstić information content (AvgIpc) is 2.25. The Bertz CT molecular complexity index is 289. The number of thioether (sulfide) groups is 1. The molecule has 0 amide bonds. The van der Waals surface area contributed by atoms with Crippen LogP contribution in [0.2, 0.25) is 0 Å². The lowest BCUT2D eigenvalue weighted by atomic mass is 10.1. The molecule has 0 heterocycles. The summed E-state index contributed by atoms with van der Waals surface area (Å²) >= 11 is 1.86. The summed E-state index contributed by atoms with van der Waals surface area (Å²) in [5.74, 6) is 1.09. The zero-order valence-corrected chi connectivity index (χ0v) is 10.2. The molecule has 1 aromatic carbocycles. The molecule has 2 nitrogen and oxygen atoms in total. The van der Waals surface area contributed by atoms with E-state index in [0.717, 1.165) is 18.8 Å². The smallest absolute Gasteiger partial charge is 0.0470 e. The molecule has 2 N–H and O–H groups in total. The van der Waals surface area contributed by atoms with Crippen molar-refractivity contribution < 1.29 is 4.74 Å². The molecular weight excluding hydrogens is 206 g/mol. The number of ether oxygens (including phenoxy) is 1. The summed E-state index contributed by atoms with van der Waals surface area (Å²) in [5.41, 5.74) is 7.03. The molecule has 1 unspecified atom stereocenters. The molecule has 0 spiro atoms. The number of benzene rings is 1. The number of methoxy groups -OCH3 is 1. The highest BCUT2D eigenvalue weighted by Crippen LogP contribution is 2.22. The summed E-state index contributed by atoms with van der Waals surface area (Å²) < 4.78 is 5.01. The van der Waals surface area contributed by atoms with Crippen LogP contribution >= 0.6 is 11.8 Å². The maximum Gasteiger partial charge on any atom is 0.0470 e. The first-order chi connectivity index (χ1) is 7.24. The largest absolute Gasteiger partial charge is 0.385 e. The van der Waals surface area contributed by atoms with E-state index >= 15 is 0 Å². The van der Waals surface area contributed by atoms with Crippen LogP contribution in [0.25, 0.3) is 0 Å². The van der Waals surface area contributed by atoms with Crippen molar-refractivity contribution in [3.63, 3.8) is 0 Å². The summed E-state index contributed by atoms with van der Waals surface area (Å²) in [6, 6.07) is 8.55. The van der Waals surface area contributed by atoms with E-state index in [-0.39, 0.29) is 6.04 Å². The Kier molecular flexibility index (Phi) is 5.76. The van der Waals surface area contributed by atoms with Gasteiger partial charge in [0.05, 0.1) is 0 Å². The van der Waals surface area contributed by atoms with E-state index in [2.05, 4.69) is 24.3 Å². The van der Waals surface area contributed by atoms with Crippen LogP contribution in [0.15, 0.2) is 29.2 Å². The Morgan fingerprint density at radius 3 is 2.93 bits per heavy atom. The van der Waals surface area contributed by atoms with E-state index in [1.807, 2.05) is 18.7 Å². The Balaban J connectivity index is 2.43. The molecule has 15 heavy (non-hydrogen) atoms. The van der Waals surface area contributed by atoms with E-state index in [1.54, 1.807) is 7.11 Å². The highest BCUT2D eigenvalue weighted by molar-refractivity contribution is 7.99. The molecule has 1 atom stereocenters. The fourth-order valence-electron chi connectivity index (χ4n) is 1.28. The van der Waals surface area contributed by atoms with E-state index < -0.39 is 0 Å². The van der Waals surface area contributed by atoms with Gasteiger partial charge in [0.2, 0.25) is 0 Å². The molecule has 0 aliphatic heterocycles. The van der Waals surface area contributed by atoms with Gasteiger partial charge in [-0.15, -0.1) is 11.8 Å². The minimum absolute atomic E-state index is 0.115. The van der Waals surface area contributed by atoms with Crippen molar-refractivity contribution in [1.29, 1.82) is 0 Å². The van der Waals surface area contributed by atoms with Crippen LogP contribution in [-0.2, 0) is 4.74 Å². The molecule has 0 saturated heterocycles. The number of rotatable bonds is 6. The Morgan fingerprint density at radius 1 is 1.47 bits per heavy atom. The third-order valence-electron chi connectivity index (χ3n) is 2.15. The van der Waals surface area contributed by atoms with Crippen LogP contribution in [-0.4, -0.2) is 19.5 Å². The summed E-state index contributed by atoms with van der Waals surface area (Å²) in [6.45, 7) is 2.84. The van der Waals surface area contributed by atoms with Crippen molar-refractivity contribution in [1.82, 2.24) is 0 Å². The topological polar surface area (TPSA) is 35.2 Å². The molecule has 84 valence electrons. The molecule has 0 aromatic heterocycles. The molecule has 0 radical (unpaired) electrons. The Hall–Kier alpha value is -0.510. The van der Waals surface area contributed by atoms with Gasteiger partial charge in [-0.25, -0.2) is 0 Å². The van der Waals surface area contributed by atoms with Crippen LogP contribution < -0.4 is 5.73 Å². The van der Waals surface area contributed by atoms with Gasteiger partial charge in [0.1, 0.15) is 0 Å². The van der Waals surface area contributed by atoms with Gasteiger partial charge in [0.15, 0.2) is 0 Å². The van der Waals surface area contributed by atoms with Crippen LogP contribution in [0.3, 0.4) is 0 Å². The van der Waals surface area contributed by atoms with Crippen LogP contribution in [0.1, 0.15) is 24.9 Å². The lowest BCUT2D eigenvalue weighted by molar-refractivity contribution is 0.200. The lowest BCUT2D eigenvalue weighted by Crippen LogP contribution is -2.04. The monoisotopic (exact) mass is 225 g/mol. The van der Waals surface area contributed by atoms with Gasteiger partial charge in [-0.05, 0) is 31.0 Å². The van der Waals surface area contributed by atoms with Crippen LogP contribution in [0.5, 0.6) is 0 Å². The van der Waals surface area contributed by atoms with E-state index in [1.165, 1.54) is 10.5 Å². The first kappa shape index (κ1) is 12.6. The minimum atomic E-state index is 0.115. The van der Waals surface area contributed by atoms with Crippen LogP contribution in [0, 0.1) is 0 Å². The predicted octanol–water partition coefficient (Wildman–Crippen LogP) is 2.83.